The summed E-state index contributed by atoms with van der Waals surface area (Å²) in [5.74, 6) is 0.248. The molecule has 4 rings (SSSR count). The van der Waals surface area contributed by atoms with Crippen LogP contribution in [0, 0.1) is 10.5 Å². The summed E-state index contributed by atoms with van der Waals surface area (Å²) in [6.45, 7) is 2.07. The minimum absolute atomic E-state index is 0.232. The highest BCUT2D eigenvalue weighted by molar-refractivity contribution is 14.1. The first kappa shape index (κ1) is 26.2. The van der Waals surface area contributed by atoms with Crippen LogP contribution in [0.1, 0.15) is 27.0 Å². The molecule has 9 heteroatoms. The molecule has 1 aliphatic heterocycles. The lowest BCUT2D eigenvalue weighted by atomic mass is 10.1. The van der Waals surface area contributed by atoms with Crippen molar-refractivity contribution in [2.75, 3.05) is 13.7 Å². The fraction of sp³-hybridized carbons (Fsp3) is 0.148. The average Bonchev–Trinajstić information content (AvgIpc) is 3.11. The molecule has 6 nitrogen and oxygen atoms in total. The molecule has 1 fully saturated rings. The quantitative estimate of drug-likeness (QED) is 0.155. The monoisotopic (exact) mass is 633 g/mol. The van der Waals surface area contributed by atoms with E-state index in [1.165, 1.54) is 5.56 Å². The Balaban J connectivity index is 1.50. The van der Waals surface area contributed by atoms with Crippen molar-refractivity contribution in [2.24, 2.45) is 0 Å². The SMILES string of the molecule is COc1cc(/C=C2\SC(=O)N(CC(=O)c3ccc(Cl)cc3)C2=O)cc(I)c1OCc1ccc(C)cc1. The average molecular weight is 634 g/mol. The summed E-state index contributed by atoms with van der Waals surface area (Å²) >= 11 is 8.81. The number of Topliss-reactive ketones (excluding diaryl/α,β-unsaturated/α-hetero) is 1. The molecule has 0 spiro atoms. The van der Waals surface area contributed by atoms with Crippen molar-refractivity contribution in [1.29, 1.82) is 0 Å². The van der Waals surface area contributed by atoms with Crippen molar-refractivity contribution < 1.29 is 23.9 Å². The Labute approximate surface area is 231 Å². The standard InChI is InChI=1S/C27H21ClINO5S/c1-16-3-5-17(6-4-16)15-35-25-21(29)11-18(12-23(25)34-2)13-24-26(32)30(27(33)36-24)14-22(31)19-7-9-20(28)10-8-19/h3-13H,14-15H2,1-2H3/b24-13-. The second kappa shape index (κ2) is 11.5. The number of carbonyl (C=O) groups excluding carboxylic acids is 3. The zero-order valence-electron chi connectivity index (χ0n) is 19.4. The number of aryl methyl sites for hydroxylation is 1. The first-order chi connectivity index (χ1) is 17.2. The molecule has 36 heavy (non-hydrogen) atoms. The van der Waals surface area contributed by atoms with Gasteiger partial charge in [-0.1, -0.05) is 41.4 Å². The Morgan fingerprint density at radius 3 is 2.44 bits per heavy atom. The summed E-state index contributed by atoms with van der Waals surface area (Å²) in [4.78, 5) is 39.2. The molecule has 2 amide bonds. The highest BCUT2D eigenvalue weighted by Crippen LogP contribution is 2.37. The van der Waals surface area contributed by atoms with Crippen LogP contribution >= 0.6 is 46.0 Å². The maximum atomic E-state index is 12.9. The molecule has 0 aromatic heterocycles. The molecular weight excluding hydrogens is 613 g/mol. The normalized spacial score (nSPS) is 14.4. The van der Waals surface area contributed by atoms with Gasteiger partial charge in [-0.15, -0.1) is 0 Å². The number of halogens is 2. The maximum Gasteiger partial charge on any atom is 0.293 e. The van der Waals surface area contributed by atoms with Crippen molar-refractivity contribution in [1.82, 2.24) is 4.90 Å². The van der Waals surface area contributed by atoms with Crippen LogP contribution in [0.5, 0.6) is 11.5 Å². The van der Waals surface area contributed by atoms with Gasteiger partial charge in [0.05, 0.1) is 22.1 Å². The third-order valence-electron chi connectivity index (χ3n) is 5.39. The lowest BCUT2D eigenvalue weighted by Gasteiger charge is -2.14. The van der Waals surface area contributed by atoms with Gasteiger partial charge in [0.15, 0.2) is 17.3 Å². The van der Waals surface area contributed by atoms with E-state index in [1.54, 1.807) is 43.5 Å². The van der Waals surface area contributed by atoms with Gasteiger partial charge in [0, 0.05) is 10.6 Å². The van der Waals surface area contributed by atoms with Crippen LogP contribution in [0.4, 0.5) is 4.79 Å². The van der Waals surface area contributed by atoms with Gasteiger partial charge in [0.1, 0.15) is 6.61 Å². The van der Waals surface area contributed by atoms with E-state index in [1.807, 2.05) is 37.3 Å². The van der Waals surface area contributed by atoms with Crippen LogP contribution in [0.3, 0.4) is 0 Å². The van der Waals surface area contributed by atoms with E-state index in [0.717, 1.165) is 25.8 Å². The van der Waals surface area contributed by atoms with Gasteiger partial charge >= 0.3 is 0 Å². The van der Waals surface area contributed by atoms with Gasteiger partial charge in [-0.3, -0.25) is 19.3 Å². The van der Waals surface area contributed by atoms with Crippen LogP contribution in [0.25, 0.3) is 6.08 Å². The Morgan fingerprint density at radius 2 is 1.78 bits per heavy atom. The summed E-state index contributed by atoms with van der Waals surface area (Å²) < 4.78 is 12.4. The topological polar surface area (TPSA) is 72.9 Å². The molecule has 0 atom stereocenters. The molecule has 0 bridgehead atoms. The number of rotatable bonds is 8. The van der Waals surface area contributed by atoms with Crippen LogP contribution in [-0.2, 0) is 11.4 Å². The largest absolute Gasteiger partial charge is 0.493 e. The van der Waals surface area contributed by atoms with E-state index < -0.39 is 11.1 Å². The lowest BCUT2D eigenvalue weighted by Crippen LogP contribution is -2.33. The van der Waals surface area contributed by atoms with E-state index >= 15 is 0 Å². The Kier molecular flexibility index (Phi) is 8.38. The molecule has 1 saturated heterocycles. The summed E-state index contributed by atoms with van der Waals surface area (Å²) in [5, 5.41) is 0.00514. The number of carbonyl (C=O) groups is 3. The minimum atomic E-state index is -0.513. The highest BCUT2D eigenvalue weighted by atomic mass is 127. The van der Waals surface area contributed by atoms with Crippen molar-refractivity contribution in [3.63, 3.8) is 0 Å². The van der Waals surface area contributed by atoms with Crippen LogP contribution in [0.15, 0.2) is 65.6 Å². The molecule has 0 N–H and O–H groups in total. The fourth-order valence-electron chi connectivity index (χ4n) is 3.46. The van der Waals surface area contributed by atoms with Gasteiger partial charge in [-0.05, 0) is 94.9 Å². The van der Waals surface area contributed by atoms with E-state index in [2.05, 4.69) is 22.6 Å². The number of benzene rings is 3. The molecular formula is C27H21ClINO5S. The Morgan fingerprint density at radius 1 is 1.08 bits per heavy atom. The molecule has 3 aromatic carbocycles. The zero-order chi connectivity index (χ0) is 25.8. The van der Waals surface area contributed by atoms with Gasteiger partial charge in [0.2, 0.25) is 0 Å². The van der Waals surface area contributed by atoms with Gasteiger partial charge < -0.3 is 9.47 Å². The van der Waals surface area contributed by atoms with Crippen molar-refractivity contribution >= 4 is 69.0 Å². The summed E-state index contributed by atoms with van der Waals surface area (Å²) in [7, 11) is 1.55. The Bertz CT molecular complexity index is 1360. The number of nitrogens with zero attached hydrogens (tertiary/aromatic N) is 1. The molecule has 184 valence electrons. The summed E-state index contributed by atoms with van der Waals surface area (Å²) in [6.07, 6.45) is 1.62. The van der Waals surface area contributed by atoms with Gasteiger partial charge in [0.25, 0.3) is 11.1 Å². The third kappa shape index (κ3) is 6.11. The number of ether oxygens (including phenoxy) is 2. The van der Waals surface area contributed by atoms with E-state index in [4.69, 9.17) is 21.1 Å². The van der Waals surface area contributed by atoms with E-state index in [0.29, 0.717) is 34.3 Å². The predicted octanol–water partition coefficient (Wildman–Crippen LogP) is 6.76. The van der Waals surface area contributed by atoms with Crippen LogP contribution in [-0.4, -0.2) is 35.5 Å². The molecule has 0 aliphatic carbocycles. The number of imide groups is 1. The fourth-order valence-corrected chi connectivity index (χ4v) is 5.21. The summed E-state index contributed by atoms with van der Waals surface area (Å²) in [5.41, 5.74) is 3.26. The molecule has 3 aromatic rings. The van der Waals surface area contributed by atoms with Gasteiger partial charge in [-0.25, -0.2) is 0 Å². The molecule has 0 unspecified atom stereocenters. The molecule has 0 radical (unpaired) electrons. The lowest BCUT2D eigenvalue weighted by molar-refractivity contribution is -0.122. The highest BCUT2D eigenvalue weighted by Gasteiger charge is 2.36. The minimum Gasteiger partial charge on any atom is -0.493 e. The number of methoxy groups -OCH3 is 1. The number of amides is 2. The second-order valence-corrected chi connectivity index (χ2v) is 10.6. The van der Waals surface area contributed by atoms with Crippen molar-refractivity contribution in [2.45, 2.75) is 13.5 Å². The smallest absolute Gasteiger partial charge is 0.293 e. The molecule has 1 heterocycles. The van der Waals surface area contributed by atoms with E-state index in [-0.39, 0.29) is 17.2 Å². The maximum absolute atomic E-state index is 12.9. The second-order valence-electron chi connectivity index (χ2n) is 8.01. The number of thioether (sulfide) groups is 1. The Hall–Kier alpha value is -2.82. The summed E-state index contributed by atoms with van der Waals surface area (Å²) in [6, 6.07) is 18.0. The van der Waals surface area contributed by atoms with Crippen molar-refractivity contribution in [3.05, 3.63) is 96.4 Å². The first-order valence-corrected chi connectivity index (χ1v) is 13.1. The van der Waals surface area contributed by atoms with Crippen molar-refractivity contribution in [3.8, 4) is 11.5 Å². The third-order valence-corrected chi connectivity index (χ3v) is 7.36. The number of ketones is 1. The zero-order valence-corrected chi connectivity index (χ0v) is 23.1. The molecule has 0 saturated carbocycles. The molecule has 1 aliphatic rings. The first-order valence-electron chi connectivity index (χ1n) is 10.8. The van der Waals surface area contributed by atoms with Crippen LogP contribution in [0.2, 0.25) is 5.02 Å². The number of hydrogen-bond donors (Lipinski definition) is 0. The number of hydrogen-bond acceptors (Lipinski definition) is 6. The van der Waals surface area contributed by atoms with E-state index in [9.17, 15) is 14.4 Å². The van der Waals surface area contributed by atoms with Gasteiger partial charge in [-0.2, -0.15) is 0 Å². The van der Waals surface area contributed by atoms with Crippen LogP contribution < -0.4 is 9.47 Å². The predicted molar refractivity (Wildman–Crippen MR) is 150 cm³/mol.